The smallest absolute Gasteiger partial charge is 0.416 e. The van der Waals surface area contributed by atoms with E-state index in [9.17, 15) is 27.6 Å². The van der Waals surface area contributed by atoms with Gasteiger partial charge in [0.1, 0.15) is 16.9 Å². The molecule has 0 saturated carbocycles. The van der Waals surface area contributed by atoms with E-state index in [0.717, 1.165) is 36.8 Å². The highest BCUT2D eigenvalue weighted by Crippen LogP contribution is 2.39. The van der Waals surface area contributed by atoms with E-state index in [1.807, 2.05) is 12.1 Å². The summed E-state index contributed by atoms with van der Waals surface area (Å²) in [5, 5.41) is 3.93. The molecule has 0 aliphatic rings. The Morgan fingerprint density at radius 1 is 0.694 bits per heavy atom. The Morgan fingerprint density at radius 2 is 1.31 bits per heavy atom. The van der Waals surface area contributed by atoms with Gasteiger partial charge >= 0.3 is 6.18 Å². The predicted octanol–water partition coefficient (Wildman–Crippen LogP) is 10.3. The highest BCUT2D eigenvalue weighted by Gasteiger charge is 2.30. The maximum absolute atomic E-state index is 13.7. The van der Waals surface area contributed by atoms with Crippen LogP contribution in [0.1, 0.15) is 41.6 Å². The number of rotatable bonds is 10. The highest BCUT2D eigenvalue weighted by atomic mass is 35.5. The van der Waals surface area contributed by atoms with Crippen molar-refractivity contribution >= 4 is 73.0 Å². The van der Waals surface area contributed by atoms with E-state index in [4.69, 9.17) is 32.4 Å². The molecule has 2 heterocycles. The molecule has 5 aromatic carbocycles. The summed E-state index contributed by atoms with van der Waals surface area (Å²) in [6.45, 7) is 0.670. The summed E-state index contributed by atoms with van der Waals surface area (Å²) in [5.41, 5.74) is 1.14. The molecule has 0 fully saturated rings. The van der Waals surface area contributed by atoms with Crippen LogP contribution in [0.4, 0.5) is 13.2 Å². The van der Waals surface area contributed by atoms with Gasteiger partial charge in [0.15, 0.2) is 6.29 Å². The van der Waals surface area contributed by atoms with Crippen molar-refractivity contribution < 1.29 is 27.1 Å². The first-order chi connectivity index (χ1) is 23.5. The number of benzene rings is 5. The van der Waals surface area contributed by atoms with Gasteiger partial charge < -0.3 is 9.15 Å². The number of alkyl halides is 3. The van der Waals surface area contributed by atoms with E-state index >= 15 is 0 Å². The predicted molar refractivity (Wildman–Crippen MR) is 187 cm³/mol. The minimum atomic E-state index is -4.43. The number of fused-ring (bicyclic) bond motifs is 2. The third-order valence-corrected chi connectivity index (χ3v) is 9.45. The fraction of sp³-hybridized carbons (Fsp3) is 0.184. The molecule has 0 aliphatic carbocycles. The van der Waals surface area contributed by atoms with Gasteiger partial charge in [-0.25, -0.2) is 0 Å². The van der Waals surface area contributed by atoms with Gasteiger partial charge in [0.05, 0.1) is 27.8 Å². The van der Waals surface area contributed by atoms with Crippen LogP contribution in [0.25, 0.3) is 54.6 Å². The molecule has 0 bridgehead atoms. The van der Waals surface area contributed by atoms with Crippen molar-refractivity contribution in [2.75, 3.05) is 6.61 Å². The zero-order valence-electron chi connectivity index (χ0n) is 25.7. The van der Waals surface area contributed by atoms with Crippen molar-refractivity contribution in [2.45, 2.75) is 38.4 Å². The van der Waals surface area contributed by atoms with Gasteiger partial charge in [0, 0.05) is 33.5 Å². The summed E-state index contributed by atoms with van der Waals surface area (Å²) in [4.78, 5) is 38.4. The zero-order valence-corrected chi connectivity index (χ0v) is 27.2. The molecule has 0 radical (unpaired) electrons. The van der Waals surface area contributed by atoms with Gasteiger partial charge in [-0.05, 0) is 84.0 Å². The summed E-state index contributed by atoms with van der Waals surface area (Å²) in [6.07, 6.45) is -0.936. The van der Waals surface area contributed by atoms with Crippen LogP contribution in [-0.4, -0.2) is 17.5 Å². The first-order valence-corrected chi connectivity index (χ1v) is 16.3. The second-order valence-electron chi connectivity index (χ2n) is 11.9. The minimum Gasteiger partial charge on any atom is -0.493 e. The van der Waals surface area contributed by atoms with Crippen molar-refractivity contribution in [2.24, 2.45) is 0 Å². The largest absolute Gasteiger partial charge is 0.493 e. The van der Waals surface area contributed by atoms with E-state index in [0.29, 0.717) is 74.3 Å². The van der Waals surface area contributed by atoms with E-state index in [1.54, 1.807) is 42.5 Å². The summed E-state index contributed by atoms with van der Waals surface area (Å²) < 4.78 is 52.6. The minimum absolute atomic E-state index is 0.215. The molecule has 49 heavy (non-hydrogen) atoms. The fourth-order valence-corrected chi connectivity index (χ4v) is 6.92. The molecule has 0 amide bonds. The van der Waals surface area contributed by atoms with Gasteiger partial charge in [-0.2, -0.15) is 13.2 Å². The van der Waals surface area contributed by atoms with Crippen molar-refractivity contribution in [3.05, 3.63) is 121 Å². The molecule has 0 N–H and O–H groups in total. The first kappa shape index (κ1) is 32.7. The van der Waals surface area contributed by atoms with E-state index in [1.165, 1.54) is 16.7 Å². The summed E-state index contributed by atoms with van der Waals surface area (Å²) in [5.74, 6) is 0.470. The molecule has 7 rings (SSSR count). The van der Waals surface area contributed by atoms with Crippen LogP contribution in [-0.2, 0) is 12.7 Å². The number of hydrogen-bond donors (Lipinski definition) is 0. The Morgan fingerprint density at radius 3 is 1.98 bits per heavy atom. The van der Waals surface area contributed by atoms with Crippen molar-refractivity contribution in [1.82, 2.24) is 4.57 Å². The molecule has 248 valence electrons. The third kappa shape index (κ3) is 6.02. The van der Waals surface area contributed by atoms with Crippen molar-refractivity contribution in [3.8, 4) is 16.9 Å². The Kier molecular flexibility index (Phi) is 8.58. The van der Waals surface area contributed by atoms with Crippen LogP contribution in [0.15, 0.2) is 92.9 Å². The number of unbranched alkanes of at least 4 members (excludes halogenated alkanes) is 3. The Balaban J connectivity index is 1.12. The van der Waals surface area contributed by atoms with E-state index in [2.05, 4.69) is 0 Å². The van der Waals surface area contributed by atoms with Crippen molar-refractivity contribution in [3.63, 3.8) is 0 Å². The number of hydrogen-bond acceptors (Lipinski definition) is 5. The molecule has 0 atom stereocenters. The Bertz CT molecular complexity index is 2450. The number of aromatic nitrogens is 1. The molecular weight excluding hydrogens is 678 g/mol. The molecule has 0 saturated heterocycles. The molecular formula is C38H26Cl2F3NO5. The maximum Gasteiger partial charge on any atom is 0.416 e. The molecule has 7 aromatic rings. The Hall–Kier alpha value is -4.86. The van der Waals surface area contributed by atoms with Crippen LogP contribution >= 0.6 is 23.2 Å². The zero-order chi connectivity index (χ0) is 34.4. The van der Waals surface area contributed by atoms with Gasteiger partial charge in [0.2, 0.25) is 0 Å². The molecule has 6 nitrogen and oxygen atoms in total. The lowest BCUT2D eigenvalue weighted by Crippen LogP contribution is -2.33. The SMILES string of the molecule is O=Cc1c(Cl)cc(OCCCCCCn2c(=O)c3ccc4oc5ccc(-c6ccc(C(F)(F)F)cc6)cc5c5ccc(c2=O)c3c45)cc1Cl. The summed E-state index contributed by atoms with van der Waals surface area (Å²) >= 11 is 12.1. The second-order valence-corrected chi connectivity index (χ2v) is 12.7. The van der Waals surface area contributed by atoms with Gasteiger partial charge in [0.25, 0.3) is 11.1 Å². The molecule has 0 aliphatic heterocycles. The lowest BCUT2D eigenvalue weighted by molar-refractivity contribution is -0.137. The average molecular weight is 705 g/mol. The van der Waals surface area contributed by atoms with Crippen molar-refractivity contribution in [1.29, 1.82) is 0 Å². The van der Waals surface area contributed by atoms with Crippen LogP contribution < -0.4 is 15.9 Å². The van der Waals surface area contributed by atoms with E-state index in [-0.39, 0.29) is 33.3 Å². The summed E-state index contributed by atoms with van der Waals surface area (Å²) in [6, 6.07) is 20.4. The first-order valence-electron chi connectivity index (χ1n) is 15.6. The van der Waals surface area contributed by atoms with E-state index < -0.39 is 11.7 Å². The van der Waals surface area contributed by atoms with Gasteiger partial charge in [-0.3, -0.25) is 19.0 Å². The number of carbonyl (C=O) groups excluding carboxylic acids is 1. The maximum atomic E-state index is 13.7. The lowest BCUT2D eigenvalue weighted by atomic mass is 9.95. The molecule has 0 spiro atoms. The number of pyridine rings is 1. The monoisotopic (exact) mass is 703 g/mol. The second kappa shape index (κ2) is 12.9. The number of halogens is 5. The number of nitrogens with zero attached hydrogens (tertiary/aromatic N) is 1. The molecule has 2 aromatic heterocycles. The van der Waals surface area contributed by atoms with Crippen LogP contribution in [0.5, 0.6) is 5.75 Å². The number of aldehydes is 1. The fourth-order valence-electron chi connectivity index (χ4n) is 6.37. The normalized spacial score (nSPS) is 12.1. The van der Waals surface area contributed by atoms with Gasteiger partial charge in [-0.1, -0.05) is 60.3 Å². The van der Waals surface area contributed by atoms with Crippen LogP contribution in [0.3, 0.4) is 0 Å². The van der Waals surface area contributed by atoms with Gasteiger partial charge in [-0.15, -0.1) is 0 Å². The van der Waals surface area contributed by atoms with Crippen LogP contribution in [0, 0.1) is 0 Å². The van der Waals surface area contributed by atoms with Crippen LogP contribution in [0.2, 0.25) is 10.0 Å². The summed E-state index contributed by atoms with van der Waals surface area (Å²) in [7, 11) is 0. The average Bonchev–Trinajstić information content (AvgIpc) is 3.08. The highest BCUT2D eigenvalue weighted by molar-refractivity contribution is 6.38. The Labute approximate surface area is 286 Å². The standard InChI is InChI=1S/C38H26Cl2F3NO5/c39-30-18-24(19-31(40)29(30)20-45)48-16-4-2-1-3-15-44-36(46)26-11-10-25-28-17-22(21-5-8-23(9-6-21)38(41,42)43)7-13-32(28)49-33-14-12-27(37(44)47)34(26)35(25)33/h5-14,17-20H,1-4,15-16H2. The third-order valence-electron chi connectivity index (χ3n) is 8.82. The molecule has 0 unspecified atom stereocenters. The lowest BCUT2D eigenvalue weighted by Gasteiger charge is -2.14. The quantitative estimate of drug-likeness (QED) is 0.0613. The number of carbonyl (C=O) groups is 1. The molecule has 11 heteroatoms. The topological polar surface area (TPSA) is 78.5 Å². The number of ether oxygens (including phenoxy) is 1.